The lowest BCUT2D eigenvalue weighted by atomic mass is 9.86. The second-order valence-electron chi connectivity index (χ2n) is 7.02. The van der Waals surface area contributed by atoms with E-state index in [4.69, 9.17) is 4.42 Å². The molecule has 148 valence electrons. The number of fused-ring (bicyclic) bond motifs is 1. The first-order valence-corrected chi connectivity index (χ1v) is 11.0. The Labute approximate surface area is 160 Å². The Morgan fingerprint density at radius 2 is 2.11 bits per heavy atom. The minimum absolute atomic E-state index is 0.0133. The van der Waals surface area contributed by atoms with Gasteiger partial charge in [0.15, 0.2) is 5.96 Å². The lowest BCUT2D eigenvalue weighted by molar-refractivity contribution is 0.316. The van der Waals surface area contributed by atoms with Crippen molar-refractivity contribution in [1.29, 1.82) is 0 Å². The van der Waals surface area contributed by atoms with Gasteiger partial charge in [-0.1, -0.05) is 24.6 Å². The maximum absolute atomic E-state index is 12.1. The first-order valence-electron chi connectivity index (χ1n) is 9.40. The molecule has 1 heterocycles. The number of furan rings is 1. The molecule has 3 N–H and O–H groups in total. The summed E-state index contributed by atoms with van der Waals surface area (Å²) >= 11 is 0. The Kier molecular flexibility index (Phi) is 6.38. The number of rotatable bonds is 8. The van der Waals surface area contributed by atoms with Gasteiger partial charge in [-0.2, -0.15) is 0 Å². The first-order chi connectivity index (χ1) is 13.0. The van der Waals surface area contributed by atoms with Crippen LogP contribution < -0.4 is 15.4 Å². The number of aliphatic imine (C=N–C) groups is 1. The predicted octanol–water partition coefficient (Wildman–Crippen LogP) is 2.38. The minimum Gasteiger partial charge on any atom is -0.459 e. The summed E-state index contributed by atoms with van der Waals surface area (Å²) in [5.74, 6) is 1.86. The van der Waals surface area contributed by atoms with Gasteiger partial charge in [-0.25, -0.2) is 13.1 Å². The quantitative estimate of drug-likeness (QED) is 0.473. The average Bonchev–Trinajstić information content (AvgIpc) is 3.03. The molecule has 0 aliphatic heterocycles. The fraction of sp³-hybridized carbons (Fsp3) is 0.526. The SMILES string of the molecule is CN=C(NCCS(=O)(=O)NCC1CCC1)NC(C)c1cc2ccccc2o1. The summed E-state index contributed by atoms with van der Waals surface area (Å²) in [5.41, 5.74) is 0.840. The van der Waals surface area contributed by atoms with E-state index < -0.39 is 10.0 Å². The number of benzene rings is 1. The molecule has 0 saturated heterocycles. The Bertz CT molecular complexity index is 854. The van der Waals surface area contributed by atoms with Crippen LogP contribution in [0.4, 0.5) is 0 Å². The Balaban J connectivity index is 1.47. The molecular formula is C19H28N4O3S. The molecule has 1 aliphatic carbocycles. The van der Waals surface area contributed by atoms with Crippen LogP contribution in [0.15, 0.2) is 39.7 Å². The molecule has 1 atom stereocenters. The van der Waals surface area contributed by atoms with Crippen LogP contribution in [0.25, 0.3) is 11.0 Å². The summed E-state index contributed by atoms with van der Waals surface area (Å²) in [6.07, 6.45) is 3.45. The van der Waals surface area contributed by atoms with Crippen molar-refractivity contribution in [2.24, 2.45) is 10.9 Å². The van der Waals surface area contributed by atoms with Gasteiger partial charge >= 0.3 is 0 Å². The van der Waals surface area contributed by atoms with Crippen molar-refractivity contribution in [2.75, 3.05) is 25.9 Å². The Hall–Kier alpha value is -2.06. The van der Waals surface area contributed by atoms with Gasteiger partial charge in [-0.15, -0.1) is 0 Å². The molecule has 2 aromatic rings. The van der Waals surface area contributed by atoms with E-state index >= 15 is 0 Å². The lowest BCUT2D eigenvalue weighted by Crippen LogP contribution is -2.42. The fourth-order valence-corrected chi connectivity index (χ4v) is 4.01. The lowest BCUT2D eigenvalue weighted by Gasteiger charge is -2.25. The van der Waals surface area contributed by atoms with Crippen LogP contribution in [-0.2, 0) is 10.0 Å². The van der Waals surface area contributed by atoms with Crippen LogP contribution in [0, 0.1) is 5.92 Å². The van der Waals surface area contributed by atoms with Gasteiger partial charge in [0.2, 0.25) is 10.0 Å². The van der Waals surface area contributed by atoms with E-state index in [0.717, 1.165) is 29.6 Å². The highest BCUT2D eigenvalue weighted by molar-refractivity contribution is 7.89. The van der Waals surface area contributed by atoms with Crippen molar-refractivity contribution in [3.05, 3.63) is 36.1 Å². The smallest absolute Gasteiger partial charge is 0.213 e. The largest absolute Gasteiger partial charge is 0.459 e. The number of hydrogen-bond acceptors (Lipinski definition) is 4. The standard InChI is InChI=1S/C19H28N4O3S/c1-14(18-12-16-8-3-4-9-17(16)26-18)23-19(20-2)21-10-11-27(24,25)22-13-15-6-5-7-15/h3-4,8-9,12,14-15,22H,5-7,10-11,13H2,1-2H3,(H2,20,21,23). The number of para-hydroxylation sites is 1. The molecule has 0 amide bonds. The topological polar surface area (TPSA) is 95.7 Å². The summed E-state index contributed by atoms with van der Waals surface area (Å²) in [6.45, 7) is 2.81. The number of sulfonamides is 1. The van der Waals surface area contributed by atoms with E-state index in [1.165, 1.54) is 6.42 Å². The summed E-state index contributed by atoms with van der Waals surface area (Å²) in [6, 6.07) is 9.74. The van der Waals surface area contributed by atoms with Gasteiger partial charge in [0.1, 0.15) is 11.3 Å². The van der Waals surface area contributed by atoms with Gasteiger partial charge < -0.3 is 15.1 Å². The Morgan fingerprint density at radius 1 is 1.33 bits per heavy atom. The third kappa shape index (κ3) is 5.46. The summed E-state index contributed by atoms with van der Waals surface area (Å²) in [7, 11) is -1.61. The zero-order chi connectivity index (χ0) is 19.3. The maximum Gasteiger partial charge on any atom is 0.213 e. The van der Waals surface area contributed by atoms with Crippen molar-refractivity contribution in [2.45, 2.75) is 32.2 Å². The van der Waals surface area contributed by atoms with Crippen molar-refractivity contribution in [3.63, 3.8) is 0 Å². The molecule has 3 rings (SSSR count). The molecule has 1 aromatic carbocycles. The highest BCUT2D eigenvalue weighted by Crippen LogP contribution is 2.25. The molecule has 0 radical (unpaired) electrons. The average molecular weight is 393 g/mol. The summed E-state index contributed by atoms with van der Waals surface area (Å²) in [5, 5.41) is 7.33. The van der Waals surface area contributed by atoms with E-state index in [-0.39, 0.29) is 18.3 Å². The van der Waals surface area contributed by atoms with Gasteiger partial charge in [0.25, 0.3) is 0 Å². The summed E-state index contributed by atoms with van der Waals surface area (Å²) < 4.78 is 32.7. The zero-order valence-corrected chi connectivity index (χ0v) is 16.7. The van der Waals surface area contributed by atoms with Crippen LogP contribution in [0.3, 0.4) is 0 Å². The molecule has 8 heteroatoms. The predicted molar refractivity (Wildman–Crippen MR) is 108 cm³/mol. The van der Waals surface area contributed by atoms with Crippen molar-refractivity contribution in [1.82, 2.24) is 15.4 Å². The first kappa shape index (κ1) is 19.7. The van der Waals surface area contributed by atoms with Crippen LogP contribution >= 0.6 is 0 Å². The molecule has 0 spiro atoms. The van der Waals surface area contributed by atoms with E-state index in [2.05, 4.69) is 20.3 Å². The van der Waals surface area contributed by atoms with Gasteiger partial charge in [0, 0.05) is 25.5 Å². The van der Waals surface area contributed by atoms with Gasteiger partial charge in [0.05, 0.1) is 11.8 Å². The molecule has 1 aliphatic rings. The van der Waals surface area contributed by atoms with Crippen LogP contribution in [0.5, 0.6) is 0 Å². The van der Waals surface area contributed by atoms with Crippen molar-refractivity contribution >= 4 is 27.0 Å². The van der Waals surface area contributed by atoms with Gasteiger partial charge in [-0.3, -0.25) is 4.99 Å². The van der Waals surface area contributed by atoms with Crippen LogP contribution in [-0.4, -0.2) is 40.3 Å². The normalized spacial score (nSPS) is 16.9. The third-order valence-electron chi connectivity index (χ3n) is 4.93. The second-order valence-corrected chi connectivity index (χ2v) is 8.94. The fourth-order valence-electron chi connectivity index (χ4n) is 3.00. The Morgan fingerprint density at radius 3 is 2.78 bits per heavy atom. The van der Waals surface area contributed by atoms with E-state index in [1.807, 2.05) is 37.3 Å². The van der Waals surface area contributed by atoms with E-state index in [0.29, 0.717) is 18.4 Å². The van der Waals surface area contributed by atoms with E-state index in [1.54, 1.807) is 7.05 Å². The number of hydrogen-bond donors (Lipinski definition) is 3. The third-order valence-corrected chi connectivity index (χ3v) is 6.28. The molecule has 1 saturated carbocycles. The molecular weight excluding hydrogens is 364 g/mol. The molecule has 1 aromatic heterocycles. The van der Waals surface area contributed by atoms with Crippen LogP contribution in [0.2, 0.25) is 0 Å². The number of guanidine groups is 1. The molecule has 7 nitrogen and oxygen atoms in total. The monoisotopic (exact) mass is 392 g/mol. The molecule has 0 bridgehead atoms. The summed E-state index contributed by atoms with van der Waals surface area (Å²) in [4.78, 5) is 4.16. The highest BCUT2D eigenvalue weighted by Gasteiger charge is 2.20. The molecule has 1 fully saturated rings. The van der Waals surface area contributed by atoms with Crippen molar-refractivity contribution < 1.29 is 12.8 Å². The maximum atomic E-state index is 12.1. The second kappa shape index (κ2) is 8.75. The van der Waals surface area contributed by atoms with Gasteiger partial charge in [-0.05, 0) is 37.8 Å². The highest BCUT2D eigenvalue weighted by atomic mass is 32.2. The zero-order valence-electron chi connectivity index (χ0n) is 15.9. The molecule has 27 heavy (non-hydrogen) atoms. The minimum atomic E-state index is -3.27. The number of nitrogens with zero attached hydrogens (tertiary/aromatic N) is 1. The molecule has 1 unspecified atom stereocenters. The van der Waals surface area contributed by atoms with Crippen molar-refractivity contribution in [3.8, 4) is 0 Å². The van der Waals surface area contributed by atoms with E-state index in [9.17, 15) is 8.42 Å². The number of nitrogens with one attached hydrogen (secondary N) is 3. The van der Waals surface area contributed by atoms with Crippen LogP contribution in [0.1, 0.15) is 38.0 Å².